The number of unbranched alkanes of at least 4 members (excludes halogenated alkanes) is 1. The zero-order valence-electron chi connectivity index (χ0n) is 18.3. The number of benzene rings is 2. The van der Waals surface area contributed by atoms with Gasteiger partial charge in [0, 0.05) is 18.1 Å². The molecule has 0 aliphatic rings. The summed E-state index contributed by atoms with van der Waals surface area (Å²) in [6.07, 6.45) is 2.41. The maximum Gasteiger partial charge on any atom is 0.261 e. The summed E-state index contributed by atoms with van der Waals surface area (Å²) >= 11 is 9.38. The molecule has 1 N–H and O–H groups in total. The van der Waals surface area contributed by atoms with Crippen LogP contribution in [0, 0.1) is 6.92 Å². The number of nitrogens with one attached hydrogen (secondary N) is 1. The minimum absolute atomic E-state index is 0.134. The Morgan fingerprint density at radius 1 is 1.19 bits per heavy atom. The molecular weight excluding hydrogens is 480 g/mol. The largest absolute Gasteiger partial charge is 0.483 e. The zero-order valence-corrected chi connectivity index (χ0v) is 20.6. The fraction of sp³-hybridized carbons (Fsp3) is 0.417. The van der Waals surface area contributed by atoms with Crippen LogP contribution < -0.4 is 10.1 Å². The Bertz CT molecular complexity index is 891. The van der Waals surface area contributed by atoms with Crippen molar-refractivity contribution in [3.8, 4) is 5.75 Å². The van der Waals surface area contributed by atoms with Crippen molar-refractivity contribution in [1.29, 1.82) is 0 Å². The highest BCUT2D eigenvalue weighted by Crippen LogP contribution is 2.28. The SMILES string of the molecule is CCCCNC(=O)C(CC)N(Cc1ccccc1C)C(=O)COc1ccc(Cl)cc1Br. The van der Waals surface area contributed by atoms with E-state index in [1.807, 2.05) is 38.1 Å². The number of aryl methyl sites for hydroxylation is 1. The number of hydrogen-bond acceptors (Lipinski definition) is 3. The number of nitrogens with zero attached hydrogens (tertiary/aromatic N) is 1. The van der Waals surface area contributed by atoms with E-state index in [9.17, 15) is 9.59 Å². The number of carbonyl (C=O) groups excluding carboxylic acids is 2. The van der Waals surface area contributed by atoms with Gasteiger partial charge in [-0.25, -0.2) is 0 Å². The third kappa shape index (κ3) is 7.54. The lowest BCUT2D eigenvalue weighted by Gasteiger charge is -2.31. The van der Waals surface area contributed by atoms with Gasteiger partial charge < -0.3 is 15.0 Å². The monoisotopic (exact) mass is 508 g/mol. The van der Waals surface area contributed by atoms with Gasteiger partial charge in [0.1, 0.15) is 11.8 Å². The highest BCUT2D eigenvalue weighted by atomic mass is 79.9. The molecule has 0 radical (unpaired) electrons. The highest BCUT2D eigenvalue weighted by Gasteiger charge is 2.29. The predicted octanol–water partition coefficient (Wildman–Crippen LogP) is 5.51. The molecule has 1 atom stereocenters. The molecule has 0 heterocycles. The van der Waals surface area contributed by atoms with Crippen molar-refractivity contribution >= 4 is 39.3 Å². The lowest BCUT2D eigenvalue weighted by molar-refractivity contribution is -0.143. The number of amides is 2. The predicted molar refractivity (Wildman–Crippen MR) is 128 cm³/mol. The van der Waals surface area contributed by atoms with Crippen molar-refractivity contribution in [2.45, 2.75) is 52.6 Å². The highest BCUT2D eigenvalue weighted by molar-refractivity contribution is 9.10. The summed E-state index contributed by atoms with van der Waals surface area (Å²) < 4.78 is 6.42. The Labute approximate surface area is 198 Å². The van der Waals surface area contributed by atoms with Crippen LogP contribution >= 0.6 is 27.5 Å². The standard InChI is InChI=1S/C24H30BrClN2O3/c1-4-6-13-27-24(30)21(5-2)28(15-18-10-8-7-9-17(18)3)23(29)16-31-22-12-11-19(26)14-20(22)25/h7-12,14,21H,4-6,13,15-16H2,1-3H3,(H,27,30). The Kier molecular flexibility index (Phi) is 10.3. The second kappa shape index (κ2) is 12.7. The summed E-state index contributed by atoms with van der Waals surface area (Å²) in [5, 5.41) is 3.53. The van der Waals surface area contributed by atoms with Crippen LogP contribution in [-0.4, -0.2) is 35.9 Å². The molecule has 168 valence electrons. The van der Waals surface area contributed by atoms with Crippen molar-refractivity contribution in [3.05, 3.63) is 63.1 Å². The Morgan fingerprint density at radius 3 is 2.58 bits per heavy atom. The molecule has 7 heteroatoms. The van der Waals surface area contributed by atoms with E-state index in [2.05, 4.69) is 28.2 Å². The van der Waals surface area contributed by atoms with Crippen molar-refractivity contribution < 1.29 is 14.3 Å². The van der Waals surface area contributed by atoms with Gasteiger partial charge in [-0.05, 0) is 65.0 Å². The number of ether oxygens (including phenoxy) is 1. The van der Waals surface area contributed by atoms with Gasteiger partial charge in [0.15, 0.2) is 6.61 Å². The van der Waals surface area contributed by atoms with Gasteiger partial charge >= 0.3 is 0 Å². The first kappa shape index (κ1) is 25.2. The molecule has 31 heavy (non-hydrogen) atoms. The minimum Gasteiger partial charge on any atom is -0.483 e. The first-order chi connectivity index (χ1) is 14.9. The molecule has 2 aromatic rings. The molecule has 0 spiro atoms. The maximum atomic E-state index is 13.2. The van der Waals surface area contributed by atoms with E-state index in [1.54, 1.807) is 23.1 Å². The van der Waals surface area contributed by atoms with Gasteiger partial charge in [-0.15, -0.1) is 0 Å². The van der Waals surface area contributed by atoms with Crippen LogP contribution in [0.2, 0.25) is 5.02 Å². The Morgan fingerprint density at radius 2 is 1.94 bits per heavy atom. The number of rotatable bonds is 11. The zero-order chi connectivity index (χ0) is 22.8. The number of halogens is 2. The van der Waals surface area contributed by atoms with Gasteiger partial charge in [0.05, 0.1) is 4.47 Å². The van der Waals surface area contributed by atoms with Crippen LogP contribution in [0.3, 0.4) is 0 Å². The van der Waals surface area contributed by atoms with Crippen molar-refractivity contribution in [3.63, 3.8) is 0 Å². The number of carbonyl (C=O) groups is 2. The average molecular weight is 510 g/mol. The molecule has 0 aliphatic carbocycles. The van der Waals surface area contributed by atoms with Gasteiger partial charge in [0.25, 0.3) is 5.91 Å². The molecule has 2 amide bonds. The molecule has 2 rings (SSSR count). The number of hydrogen-bond donors (Lipinski definition) is 1. The summed E-state index contributed by atoms with van der Waals surface area (Å²) in [5.74, 6) is 0.141. The second-order valence-electron chi connectivity index (χ2n) is 7.38. The van der Waals surface area contributed by atoms with Gasteiger partial charge in [-0.2, -0.15) is 0 Å². The molecular formula is C24H30BrClN2O3. The van der Waals surface area contributed by atoms with Gasteiger partial charge in [-0.3, -0.25) is 9.59 Å². The van der Waals surface area contributed by atoms with Crippen LogP contribution in [0.4, 0.5) is 0 Å². The summed E-state index contributed by atoms with van der Waals surface area (Å²) in [5.41, 5.74) is 2.08. The van der Waals surface area contributed by atoms with Crippen molar-refractivity contribution in [2.24, 2.45) is 0 Å². The molecule has 0 aromatic heterocycles. The summed E-state index contributed by atoms with van der Waals surface area (Å²) in [6.45, 7) is 6.76. The smallest absolute Gasteiger partial charge is 0.261 e. The van der Waals surface area contributed by atoms with E-state index in [4.69, 9.17) is 16.3 Å². The normalized spacial score (nSPS) is 11.6. The maximum absolute atomic E-state index is 13.2. The first-order valence-electron chi connectivity index (χ1n) is 10.6. The summed E-state index contributed by atoms with van der Waals surface area (Å²) in [7, 11) is 0. The summed E-state index contributed by atoms with van der Waals surface area (Å²) in [4.78, 5) is 27.7. The van der Waals surface area contributed by atoms with Gasteiger partial charge in [0.2, 0.25) is 5.91 Å². The van der Waals surface area contributed by atoms with E-state index < -0.39 is 6.04 Å². The van der Waals surface area contributed by atoms with Crippen LogP contribution in [-0.2, 0) is 16.1 Å². The minimum atomic E-state index is -0.568. The van der Waals surface area contributed by atoms with E-state index in [-0.39, 0.29) is 18.4 Å². The fourth-order valence-electron chi connectivity index (χ4n) is 3.21. The fourth-order valence-corrected chi connectivity index (χ4v) is 4.01. The van der Waals surface area contributed by atoms with Crippen LogP contribution in [0.15, 0.2) is 46.9 Å². The van der Waals surface area contributed by atoms with E-state index >= 15 is 0 Å². The quantitative estimate of drug-likeness (QED) is 0.406. The molecule has 5 nitrogen and oxygen atoms in total. The van der Waals surface area contributed by atoms with E-state index in [0.717, 1.165) is 24.0 Å². The van der Waals surface area contributed by atoms with E-state index in [1.165, 1.54) is 0 Å². The molecule has 1 unspecified atom stereocenters. The second-order valence-corrected chi connectivity index (χ2v) is 8.67. The third-order valence-corrected chi connectivity index (χ3v) is 5.92. The van der Waals surface area contributed by atoms with Gasteiger partial charge in [-0.1, -0.05) is 56.1 Å². The topological polar surface area (TPSA) is 58.6 Å². The Hall–Kier alpha value is -2.05. The molecule has 0 aliphatic heterocycles. The average Bonchev–Trinajstić information content (AvgIpc) is 2.74. The molecule has 0 fully saturated rings. The summed E-state index contributed by atoms with van der Waals surface area (Å²) in [6, 6.07) is 12.4. The molecule has 0 saturated carbocycles. The Balaban J connectivity index is 2.21. The lowest BCUT2D eigenvalue weighted by atomic mass is 10.1. The van der Waals surface area contributed by atoms with Crippen LogP contribution in [0.25, 0.3) is 0 Å². The van der Waals surface area contributed by atoms with Crippen LogP contribution in [0.1, 0.15) is 44.2 Å². The molecule has 2 aromatic carbocycles. The van der Waals surface area contributed by atoms with Crippen molar-refractivity contribution in [1.82, 2.24) is 10.2 Å². The molecule has 0 saturated heterocycles. The first-order valence-corrected chi connectivity index (χ1v) is 11.7. The van der Waals surface area contributed by atoms with E-state index in [0.29, 0.717) is 34.8 Å². The molecule has 0 bridgehead atoms. The van der Waals surface area contributed by atoms with Crippen LogP contribution in [0.5, 0.6) is 5.75 Å². The lowest BCUT2D eigenvalue weighted by Crippen LogP contribution is -2.50. The van der Waals surface area contributed by atoms with Crippen molar-refractivity contribution in [2.75, 3.05) is 13.2 Å². The third-order valence-electron chi connectivity index (χ3n) is 5.06.